The number of piperidine rings is 1. The van der Waals surface area contributed by atoms with Crippen molar-refractivity contribution in [2.24, 2.45) is 5.92 Å². The number of fused-ring (bicyclic) bond motifs is 3. The Morgan fingerprint density at radius 2 is 2.14 bits per heavy atom. The predicted octanol–water partition coefficient (Wildman–Crippen LogP) is 1.91. The molecular weight excluding hydrogens is 280 g/mol. The van der Waals surface area contributed by atoms with E-state index in [2.05, 4.69) is 9.88 Å². The van der Waals surface area contributed by atoms with E-state index in [1.165, 1.54) is 24.1 Å². The van der Waals surface area contributed by atoms with Crippen molar-refractivity contribution in [1.82, 2.24) is 14.6 Å². The van der Waals surface area contributed by atoms with Crippen LogP contribution in [0.3, 0.4) is 0 Å². The second-order valence-electron chi connectivity index (χ2n) is 6.30. The largest absolute Gasteiger partial charge is 0.481 e. The minimum atomic E-state index is -0.702. The predicted molar refractivity (Wildman–Crippen MR) is 82.2 cm³/mol. The Bertz CT molecular complexity index is 724. The van der Waals surface area contributed by atoms with E-state index in [9.17, 15) is 9.90 Å². The Labute approximate surface area is 128 Å². The van der Waals surface area contributed by atoms with E-state index < -0.39 is 5.97 Å². The molecule has 0 amide bonds. The number of aliphatic carboxylic acids is 1. The molecule has 6 nitrogen and oxygen atoms in total. The summed E-state index contributed by atoms with van der Waals surface area (Å²) in [6, 6.07) is 0. The molecule has 116 valence electrons. The van der Waals surface area contributed by atoms with Gasteiger partial charge >= 0.3 is 5.97 Å². The zero-order valence-electron chi connectivity index (χ0n) is 12.5. The maximum Gasteiger partial charge on any atom is 0.308 e. The molecule has 0 unspecified atom stereocenters. The van der Waals surface area contributed by atoms with Gasteiger partial charge in [-0.1, -0.05) is 0 Å². The van der Waals surface area contributed by atoms with E-state index in [0.29, 0.717) is 6.54 Å². The fourth-order valence-corrected chi connectivity index (χ4v) is 3.75. The molecule has 1 fully saturated rings. The number of hydrogen-bond acceptors (Lipinski definition) is 4. The van der Waals surface area contributed by atoms with Crippen LogP contribution in [0.4, 0.5) is 5.82 Å². The molecule has 1 saturated heterocycles. The fourth-order valence-electron chi connectivity index (χ4n) is 3.75. The molecule has 22 heavy (non-hydrogen) atoms. The van der Waals surface area contributed by atoms with Crippen LogP contribution >= 0.6 is 0 Å². The fraction of sp³-hybridized carbons (Fsp3) is 0.562. The number of aryl methyl sites for hydroxylation is 2. The molecule has 2 aliphatic rings. The van der Waals surface area contributed by atoms with Crippen molar-refractivity contribution in [1.29, 1.82) is 0 Å². The lowest BCUT2D eigenvalue weighted by atomic mass is 9.95. The van der Waals surface area contributed by atoms with E-state index >= 15 is 0 Å². The van der Waals surface area contributed by atoms with E-state index in [-0.39, 0.29) is 5.92 Å². The number of hydrogen-bond donors (Lipinski definition) is 1. The Hall–Kier alpha value is -2.11. The second kappa shape index (κ2) is 5.26. The van der Waals surface area contributed by atoms with Gasteiger partial charge in [-0.15, -0.1) is 0 Å². The van der Waals surface area contributed by atoms with E-state index in [1.54, 1.807) is 6.20 Å². The first-order chi connectivity index (χ1) is 10.7. The van der Waals surface area contributed by atoms with Crippen LogP contribution in [0.1, 0.15) is 36.9 Å². The Morgan fingerprint density at radius 1 is 1.27 bits per heavy atom. The molecule has 0 radical (unpaired) electrons. The van der Waals surface area contributed by atoms with Crippen molar-refractivity contribution < 1.29 is 9.90 Å². The van der Waals surface area contributed by atoms with Gasteiger partial charge < -0.3 is 10.0 Å². The van der Waals surface area contributed by atoms with Gasteiger partial charge in [0.1, 0.15) is 5.52 Å². The van der Waals surface area contributed by atoms with Crippen LogP contribution in [0.15, 0.2) is 12.4 Å². The molecule has 0 bridgehead atoms. The quantitative estimate of drug-likeness (QED) is 0.917. The molecule has 2 aromatic rings. The zero-order chi connectivity index (χ0) is 15.1. The molecule has 6 heteroatoms. The Morgan fingerprint density at radius 3 is 3.00 bits per heavy atom. The number of carbonyl (C=O) groups is 1. The summed E-state index contributed by atoms with van der Waals surface area (Å²) in [5, 5.41) is 14.0. The number of anilines is 1. The normalized spacial score (nSPS) is 21.8. The molecule has 1 aliphatic carbocycles. The third-order valence-electron chi connectivity index (χ3n) is 4.87. The molecule has 1 N–H and O–H groups in total. The van der Waals surface area contributed by atoms with Crippen LogP contribution in [-0.2, 0) is 17.6 Å². The number of carboxylic acids is 1. The third kappa shape index (κ3) is 2.14. The highest BCUT2D eigenvalue weighted by Crippen LogP contribution is 2.32. The molecule has 0 saturated carbocycles. The minimum absolute atomic E-state index is 0.297. The molecule has 2 aromatic heterocycles. The number of rotatable bonds is 2. The monoisotopic (exact) mass is 300 g/mol. The minimum Gasteiger partial charge on any atom is -0.481 e. The molecular formula is C16H20N4O2. The van der Waals surface area contributed by atoms with Gasteiger partial charge in [0.05, 0.1) is 11.6 Å². The molecule has 0 spiro atoms. The van der Waals surface area contributed by atoms with E-state index in [4.69, 9.17) is 5.10 Å². The number of carboxylic acid groups (broad SMARTS) is 1. The lowest BCUT2D eigenvalue weighted by Crippen LogP contribution is -2.39. The Kier molecular flexibility index (Phi) is 3.24. The van der Waals surface area contributed by atoms with Gasteiger partial charge in [0, 0.05) is 31.0 Å². The van der Waals surface area contributed by atoms with Crippen LogP contribution < -0.4 is 4.90 Å². The summed E-state index contributed by atoms with van der Waals surface area (Å²) in [5.74, 6) is -0.0918. The summed E-state index contributed by atoms with van der Waals surface area (Å²) in [6.07, 6.45) is 9.80. The lowest BCUT2D eigenvalue weighted by Gasteiger charge is -2.32. The van der Waals surface area contributed by atoms with Crippen LogP contribution in [-0.4, -0.2) is 38.8 Å². The second-order valence-corrected chi connectivity index (χ2v) is 6.30. The summed E-state index contributed by atoms with van der Waals surface area (Å²) in [5.41, 5.74) is 3.59. The van der Waals surface area contributed by atoms with Gasteiger partial charge in [0.2, 0.25) is 0 Å². The summed E-state index contributed by atoms with van der Waals surface area (Å²) < 4.78 is 1.93. The number of aromatic nitrogens is 3. The first-order valence-electron chi connectivity index (χ1n) is 8.07. The molecule has 1 atom stereocenters. The summed E-state index contributed by atoms with van der Waals surface area (Å²) in [4.78, 5) is 18.0. The van der Waals surface area contributed by atoms with Crippen molar-refractivity contribution >= 4 is 17.3 Å². The SMILES string of the molecule is O=C(O)[C@H]1CCCN(c2nccn3nc4c(c23)CCCC4)C1. The van der Waals surface area contributed by atoms with Crippen molar-refractivity contribution in [2.75, 3.05) is 18.0 Å². The van der Waals surface area contributed by atoms with E-state index in [0.717, 1.165) is 43.6 Å². The maximum atomic E-state index is 11.3. The average molecular weight is 300 g/mol. The first-order valence-corrected chi connectivity index (χ1v) is 8.07. The maximum absolute atomic E-state index is 11.3. The highest BCUT2D eigenvalue weighted by Gasteiger charge is 2.29. The average Bonchev–Trinajstić information content (AvgIpc) is 2.93. The smallest absolute Gasteiger partial charge is 0.308 e. The highest BCUT2D eigenvalue weighted by molar-refractivity contribution is 5.76. The standard InChI is InChI=1S/C16H20N4O2/c21-16(22)11-4-3-8-19(10-11)15-14-12-5-1-2-6-13(12)18-20(14)9-7-17-15/h7,9,11H,1-6,8,10H2,(H,21,22)/t11-/m0/s1. The molecule has 0 aromatic carbocycles. The number of nitrogens with zero attached hydrogens (tertiary/aromatic N) is 4. The highest BCUT2D eigenvalue weighted by atomic mass is 16.4. The van der Waals surface area contributed by atoms with Gasteiger partial charge in [-0.05, 0) is 38.5 Å². The van der Waals surface area contributed by atoms with Crippen LogP contribution in [0, 0.1) is 5.92 Å². The van der Waals surface area contributed by atoms with Crippen molar-refractivity contribution in [2.45, 2.75) is 38.5 Å². The van der Waals surface area contributed by atoms with Gasteiger partial charge in [-0.25, -0.2) is 9.50 Å². The third-order valence-corrected chi connectivity index (χ3v) is 4.87. The van der Waals surface area contributed by atoms with Gasteiger partial charge in [0.25, 0.3) is 0 Å². The van der Waals surface area contributed by atoms with Gasteiger partial charge in [0.15, 0.2) is 5.82 Å². The van der Waals surface area contributed by atoms with Gasteiger partial charge in [-0.2, -0.15) is 5.10 Å². The van der Waals surface area contributed by atoms with E-state index in [1.807, 2.05) is 10.7 Å². The lowest BCUT2D eigenvalue weighted by molar-refractivity contribution is -0.141. The van der Waals surface area contributed by atoms with Crippen molar-refractivity contribution in [3.8, 4) is 0 Å². The topological polar surface area (TPSA) is 70.7 Å². The Balaban J connectivity index is 1.78. The summed E-state index contributed by atoms with van der Waals surface area (Å²) in [6.45, 7) is 1.42. The molecule has 4 rings (SSSR count). The molecule has 1 aliphatic heterocycles. The molecule has 3 heterocycles. The van der Waals surface area contributed by atoms with Crippen LogP contribution in [0.25, 0.3) is 5.52 Å². The van der Waals surface area contributed by atoms with Crippen molar-refractivity contribution in [3.05, 3.63) is 23.7 Å². The van der Waals surface area contributed by atoms with Crippen molar-refractivity contribution in [3.63, 3.8) is 0 Å². The van der Waals surface area contributed by atoms with Crippen LogP contribution in [0.5, 0.6) is 0 Å². The zero-order valence-corrected chi connectivity index (χ0v) is 12.5. The first kappa shape index (κ1) is 13.5. The summed E-state index contributed by atoms with van der Waals surface area (Å²) >= 11 is 0. The van der Waals surface area contributed by atoms with Gasteiger partial charge in [-0.3, -0.25) is 4.79 Å². The summed E-state index contributed by atoms with van der Waals surface area (Å²) in [7, 11) is 0. The van der Waals surface area contributed by atoms with Crippen LogP contribution in [0.2, 0.25) is 0 Å².